The second kappa shape index (κ2) is 4.80. The van der Waals surface area contributed by atoms with Crippen LogP contribution in [0.15, 0.2) is 48.7 Å². The first-order chi connectivity index (χ1) is 9.58. The monoisotopic (exact) mass is 283 g/mol. The van der Waals surface area contributed by atoms with Gasteiger partial charge in [0.05, 0.1) is 0 Å². The van der Waals surface area contributed by atoms with Crippen LogP contribution < -0.4 is 0 Å². The lowest BCUT2D eigenvalue weighted by molar-refractivity contribution is 0.104. The zero-order valence-corrected chi connectivity index (χ0v) is 12.1. The summed E-state index contributed by atoms with van der Waals surface area (Å²) < 4.78 is 2.04. The smallest absolute Gasteiger partial charge is 0.193 e. The highest BCUT2D eigenvalue weighted by atomic mass is 35.5. The molecule has 0 radical (unpaired) electrons. The fraction of sp³-hybridized carbons (Fsp3) is 0.118. The van der Waals surface area contributed by atoms with E-state index >= 15 is 0 Å². The number of benzene rings is 2. The van der Waals surface area contributed by atoms with Gasteiger partial charge in [-0.05, 0) is 42.8 Å². The maximum atomic E-state index is 12.7. The van der Waals surface area contributed by atoms with Gasteiger partial charge >= 0.3 is 0 Å². The van der Waals surface area contributed by atoms with Gasteiger partial charge in [-0.3, -0.25) is 4.79 Å². The minimum atomic E-state index is 0.0292. The Morgan fingerprint density at radius 1 is 1.10 bits per heavy atom. The molecule has 3 rings (SSSR count). The molecular weight excluding hydrogens is 270 g/mol. The van der Waals surface area contributed by atoms with Gasteiger partial charge in [-0.1, -0.05) is 23.7 Å². The summed E-state index contributed by atoms with van der Waals surface area (Å²) in [5, 5.41) is 1.66. The number of hydrogen-bond donors (Lipinski definition) is 0. The summed E-state index contributed by atoms with van der Waals surface area (Å²) in [5.41, 5.74) is 3.58. The molecule has 0 N–H and O–H groups in total. The van der Waals surface area contributed by atoms with Crippen molar-refractivity contribution in [2.24, 2.45) is 7.05 Å². The lowest BCUT2D eigenvalue weighted by Gasteiger charge is -2.05. The Hall–Kier alpha value is -2.06. The standard InChI is InChI=1S/C17H14ClNO/c1-11-10-19(2)15-5-3-4-14(16(11)15)17(20)12-6-8-13(18)9-7-12/h3-10H,1-2H3. The molecular formula is C17H14ClNO. The minimum absolute atomic E-state index is 0.0292. The van der Waals surface area contributed by atoms with Crippen molar-refractivity contribution in [2.45, 2.75) is 6.92 Å². The predicted octanol–water partition coefficient (Wildman–Crippen LogP) is 4.37. The first-order valence-electron chi connectivity index (χ1n) is 6.43. The van der Waals surface area contributed by atoms with Crippen molar-refractivity contribution < 1.29 is 4.79 Å². The third-order valence-corrected chi connectivity index (χ3v) is 3.81. The summed E-state index contributed by atoms with van der Waals surface area (Å²) >= 11 is 5.87. The molecule has 0 aliphatic carbocycles. The van der Waals surface area contributed by atoms with E-state index in [1.54, 1.807) is 24.3 Å². The number of ketones is 1. The molecule has 2 aromatic carbocycles. The summed E-state index contributed by atoms with van der Waals surface area (Å²) in [6.45, 7) is 2.03. The van der Waals surface area contributed by atoms with Crippen LogP contribution in [0, 0.1) is 6.92 Å². The van der Waals surface area contributed by atoms with E-state index in [2.05, 4.69) is 0 Å². The van der Waals surface area contributed by atoms with Crippen LogP contribution in [0.2, 0.25) is 5.02 Å². The number of aromatic nitrogens is 1. The van der Waals surface area contributed by atoms with E-state index in [-0.39, 0.29) is 5.78 Å². The highest BCUT2D eigenvalue weighted by Crippen LogP contribution is 2.26. The molecule has 0 amide bonds. The quantitative estimate of drug-likeness (QED) is 0.640. The Balaban J connectivity index is 2.19. The summed E-state index contributed by atoms with van der Waals surface area (Å²) in [4.78, 5) is 12.7. The Morgan fingerprint density at radius 3 is 2.50 bits per heavy atom. The summed E-state index contributed by atoms with van der Waals surface area (Å²) in [6.07, 6.45) is 2.04. The van der Waals surface area contributed by atoms with Crippen molar-refractivity contribution in [2.75, 3.05) is 0 Å². The van der Waals surface area contributed by atoms with Gasteiger partial charge in [0.15, 0.2) is 5.78 Å². The number of aryl methyl sites for hydroxylation is 2. The lowest BCUT2D eigenvalue weighted by atomic mass is 9.98. The second-order valence-corrected chi connectivity index (χ2v) is 5.40. The fourth-order valence-electron chi connectivity index (χ4n) is 2.62. The number of rotatable bonds is 2. The molecule has 1 heterocycles. The van der Waals surface area contributed by atoms with Gasteiger partial charge in [-0.2, -0.15) is 0 Å². The number of fused-ring (bicyclic) bond motifs is 1. The zero-order valence-electron chi connectivity index (χ0n) is 11.4. The molecule has 20 heavy (non-hydrogen) atoms. The van der Waals surface area contributed by atoms with Crippen molar-refractivity contribution in [3.63, 3.8) is 0 Å². The Kier molecular flexibility index (Phi) is 3.11. The average molecular weight is 284 g/mol. The summed E-state index contributed by atoms with van der Waals surface area (Å²) in [5.74, 6) is 0.0292. The first-order valence-corrected chi connectivity index (χ1v) is 6.80. The largest absolute Gasteiger partial charge is 0.350 e. The number of hydrogen-bond acceptors (Lipinski definition) is 1. The van der Waals surface area contributed by atoms with E-state index in [1.165, 1.54) is 0 Å². The maximum absolute atomic E-state index is 12.7. The van der Waals surface area contributed by atoms with Crippen molar-refractivity contribution in [1.82, 2.24) is 4.57 Å². The Morgan fingerprint density at radius 2 is 1.80 bits per heavy atom. The molecule has 0 bridgehead atoms. The molecule has 0 saturated heterocycles. The van der Waals surface area contributed by atoms with E-state index in [4.69, 9.17) is 11.6 Å². The molecule has 0 atom stereocenters. The molecule has 0 fully saturated rings. The van der Waals surface area contributed by atoms with E-state index in [0.29, 0.717) is 10.6 Å². The third kappa shape index (κ3) is 2.02. The number of carbonyl (C=O) groups excluding carboxylic acids is 1. The highest BCUT2D eigenvalue weighted by Gasteiger charge is 2.15. The topological polar surface area (TPSA) is 22.0 Å². The van der Waals surface area contributed by atoms with Crippen molar-refractivity contribution in [3.05, 3.63) is 70.4 Å². The SMILES string of the molecule is Cc1cn(C)c2cccc(C(=O)c3ccc(Cl)cc3)c12. The van der Waals surface area contributed by atoms with E-state index in [1.807, 2.05) is 42.9 Å². The number of carbonyl (C=O) groups is 1. The van der Waals surface area contributed by atoms with Gasteiger partial charge in [0.1, 0.15) is 0 Å². The van der Waals surface area contributed by atoms with Crippen LogP contribution in [0.25, 0.3) is 10.9 Å². The number of halogens is 1. The van der Waals surface area contributed by atoms with Crippen LogP contribution in [0.5, 0.6) is 0 Å². The normalized spacial score (nSPS) is 10.9. The fourth-order valence-corrected chi connectivity index (χ4v) is 2.75. The third-order valence-electron chi connectivity index (χ3n) is 3.56. The van der Waals surface area contributed by atoms with Crippen molar-refractivity contribution in [1.29, 1.82) is 0 Å². The van der Waals surface area contributed by atoms with E-state index < -0.39 is 0 Å². The molecule has 0 aliphatic heterocycles. The average Bonchev–Trinajstić information content (AvgIpc) is 2.74. The van der Waals surface area contributed by atoms with Crippen LogP contribution in [-0.4, -0.2) is 10.4 Å². The van der Waals surface area contributed by atoms with Crippen LogP contribution in [-0.2, 0) is 7.05 Å². The number of nitrogens with zero attached hydrogens (tertiary/aromatic N) is 1. The molecule has 3 heteroatoms. The summed E-state index contributed by atoms with van der Waals surface area (Å²) in [7, 11) is 1.99. The maximum Gasteiger partial charge on any atom is 0.193 e. The van der Waals surface area contributed by atoms with Crippen LogP contribution in [0.4, 0.5) is 0 Å². The molecule has 100 valence electrons. The van der Waals surface area contributed by atoms with Crippen molar-refractivity contribution in [3.8, 4) is 0 Å². The molecule has 0 aliphatic rings. The van der Waals surface area contributed by atoms with E-state index in [0.717, 1.165) is 22.0 Å². The molecule has 3 aromatic rings. The first kappa shape index (κ1) is 12.9. The zero-order chi connectivity index (χ0) is 14.3. The van der Waals surface area contributed by atoms with Crippen LogP contribution >= 0.6 is 11.6 Å². The van der Waals surface area contributed by atoms with Gasteiger partial charge < -0.3 is 4.57 Å². The molecule has 0 spiro atoms. The Bertz CT molecular complexity index is 800. The van der Waals surface area contributed by atoms with Gasteiger partial charge in [0.2, 0.25) is 0 Å². The highest BCUT2D eigenvalue weighted by molar-refractivity contribution is 6.30. The Labute approximate surface area is 122 Å². The van der Waals surface area contributed by atoms with Crippen LogP contribution in [0.1, 0.15) is 21.5 Å². The van der Waals surface area contributed by atoms with Gasteiger partial charge in [-0.25, -0.2) is 0 Å². The molecule has 2 nitrogen and oxygen atoms in total. The van der Waals surface area contributed by atoms with Gasteiger partial charge in [0.25, 0.3) is 0 Å². The van der Waals surface area contributed by atoms with Gasteiger partial charge in [-0.15, -0.1) is 0 Å². The van der Waals surface area contributed by atoms with Crippen LogP contribution in [0.3, 0.4) is 0 Å². The molecule has 1 aromatic heterocycles. The lowest BCUT2D eigenvalue weighted by Crippen LogP contribution is -2.02. The molecule has 0 unspecified atom stereocenters. The van der Waals surface area contributed by atoms with Crippen molar-refractivity contribution >= 4 is 28.3 Å². The second-order valence-electron chi connectivity index (χ2n) is 4.96. The van der Waals surface area contributed by atoms with Gasteiger partial charge in [0, 0.05) is 40.3 Å². The predicted molar refractivity (Wildman–Crippen MR) is 82.5 cm³/mol. The summed E-state index contributed by atoms with van der Waals surface area (Å²) in [6, 6.07) is 12.8. The minimum Gasteiger partial charge on any atom is -0.350 e. The van der Waals surface area contributed by atoms with E-state index in [9.17, 15) is 4.79 Å². The molecule has 0 saturated carbocycles.